The molecule has 0 aliphatic carbocycles. The van der Waals surface area contributed by atoms with Gasteiger partial charge >= 0.3 is 21.7 Å². The third-order valence-corrected chi connectivity index (χ3v) is 1.49. The maximum Gasteiger partial charge on any atom is 3.00 e. The Morgan fingerprint density at radius 1 is 0.579 bits per heavy atom. The first-order chi connectivity index (χ1) is 8.74. The average Bonchev–Trinajstić information content (AvgIpc) is 2.42. The summed E-state index contributed by atoms with van der Waals surface area (Å²) >= 11 is 0. The van der Waals surface area contributed by atoms with Gasteiger partial charge in [-0.2, -0.15) is 0 Å². The van der Waals surface area contributed by atoms with E-state index < -0.39 is 0 Å². The van der Waals surface area contributed by atoms with E-state index in [4.69, 9.17) is 17.2 Å². The van der Waals surface area contributed by atoms with E-state index in [2.05, 4.69) is 36.7 Å². The van der Waals surface area contributed by atoms with Crippen LogP contribution < -0.4 is 33.2 Å². The zero-order valence-electron chi connectivity index (χ0n) is 12.2. The molecule has 0 spiro atoms. The Morgan fingerprint density at radius 3 is 0.842 bits per heavy atom. The van der Waals surface area contributed by atoms with E-state index in [9.17, 15) is 0 Å². The second kappa shape index (κ2) is 36.3. The molecule has 0 aromatic rings. The van der Waals surface area contributed by atoms with Gasteiger partial charge in [-0.1, -0.05) is 0 Å². The summed E-state index contributed by atoms with van der Waals surface area (Å²) in [5.74, 6) is 0. The molecule has 0 saturated carbocycles. The number of hydrogen-bond donors (Lipinski definition) is 6. The number of nitrogens with two attached hydrogens (primary N) is 3. The monoisotopic (exact) mass is 309 g/mol. The van der Waals surface area contributed by atoms with Gasteiger partial charge in [0.15, 0.2) is 0 Å². The van der Waals surface area contributed by atoms with Gasteiger partial charge in [-0.3, -0.25) is 0 Å². The molecule has 0 aromatic heterocycles. The number of rotatable bonds is 9. The summed E-state index contributed by atoms with van der Waals surface area (Å²) in [6.07, 6.45) is 0. The second-order valence-corrected chi connectivity index (χ2v) is 3.12. The van der Waals surface area contributed by atoms with Gasteiger partial charge in [0.2, 0.25) is 0 Å². The van der Waals surface area contributed by atoms with Crippen LogP contribution in [0.5, 0.6) is 0 Å². The molecule has 0 bridgehead atoms. The predicted octanol–water partition coefficient (Wildman–Crippen LogP) is -1.90. The molecule has 9 N–H and O–H groups in total. The summed E-state index contributed by atoms with van der Waals surface area (Å²) in [4.78, 5) is 0. The summed E-state index contributed by atoms with van der Waals surface area (Å²) in [5, 5.41) is 8.89. The molecule has 19 heavy (non-hydrogen) atoms. The molecule has 6 nitrogen and oxygen atoms in total. The third kappa shape index (κ3) is 55.9. The van der Waals surface area contributed by atoms with Crippen LogP contribution in [0.4, 0.5) is 0 Å². The largest absolute Gasteiger partial charge is 3.00 e. The summed E-state index contributed by atoms with van der Waals surface area (Å²) in [6, 6.07) is 0. The Hall–Kier alpha value is 0.474. The van der Waals surface area contributed by atoms with E-state index in [1.165, 1.54) is 0 Å². The van der Waals surface area contributed by atoms with Crippen LogP contribution in [-0.2, 0) is 21.7 Å². The van der Waals surface area contributed by atoms with Crippen LogP contribution in [0.1, 0.15) is 0 Å². The Bertz CT molecular complexity index is 77.2. The molecule has 0 unspecified atom stereocenters. The first-order valence-electron chi connectivity index (χ1n) is 6.35. The van der Waals surface area contributed by atoms with Crippen LogP contribution in [0.15, 0.2) is 0 Å². The molecule has 0 aliphatic rings. The molecule has 0 heterocycles. The topological polar surface area (TPSA) is 114 Å². The Kier molecular flexibility index (Phi) is 53.0. The smallest absolute Gasteiger partial charge is 0.345 e. The molecule has 0 aliphatic heterocycles. The van der Waals surface area contributed by atoms with Gasteiger partial charge in [-0.15, -0.1) is 19.6 Å². The summed E-state index contributed by atoms with van der Waals surface area (Å²) in [7, 11) is 0. The first-order valence-corrected chi connectivity index (χ1v) is 6.35. The zero-order chi connectivity index (χ0) is 14.5. The normalized spacial score (nSPS) is 8.53. The van der Waals surface area contributed by atoms with E-state index in [1.54, 1.807) is 0 Å². The van der Waals surface area contributed by atoms with Crippen molar-refractivity contribution in [2.45, 2.75) is 0 Å². The standard InChI is InChI=1S/3C4H11N2.Ti/c3*1-2-6-4-3-5;/h3*6H,1-5H2;/q3*-1;+3. The van der Waals surface area contributed by atoms with E-state index in [0.717, 1.165) is 39.3 Å². The van der Waals surface area contributed by atoms with Crippen LogP contribution in [0.2, 0.25) is 0 Å². The molecule has 0 aromatic carbocycles. The van der Waals surface area contributed by atoms with Crippen molar-refractivity contribution in [2.75, 3.05) is 58.9 Å². The Morgan fingerprint density at radius 2 is 0.789 bits per heavy atom. The van der Waals surface area contributed by atoms with Crippen molar-refractivity contribution in [3.05, 3.63) is 20.8 Å². The fourth-order valence-electron chi connectivity index (χ4n) is 0.681. The molecular formula is C12H33N6Ti. The van der Waals surface area contributed by atoms with Crippen LogP contribution in [0.25, 0.3) is 0 Å². The van der Waals surface area contributed by atoms with Crippen LogP contribution in [0, 0.1) is 20.8 Å². The summed E-state index contributed by atoms with van der Waals surface area (Å²) in [6.45, 7) is 17.7. The van der Waals surface area contributed by atoms with Crippen LogP contribution >= 0.6 is 0 Å². The van der Waals surface area contributed by atoms with E-state index >= 15 is 0 Å². The van der Waals surface area contributed by atoms with Crippen LogP contribution in [-0.4, -0.2) is 58.9 Å². The van der Waals surface area contributed by atoms with Gasteiger partial charge in [0.05, 0.1) is 0 Å². The maximum absolute atomic E-state index is 5.12. The minimum atomic E-state index is 0. The average molecular weight is 309 g/mol. The van der Waals surface area contributed by atoms with Gasteiger partial charge in [-0.05, 0) is 0 Å². The minimum absolute atomic E-state index is 0. The van der Waals surface area contributed by atoms with Crippen molar-refractivity contribution in [3.63, 3.8) is 0 Å². The van der Waals surface area contributed by atoms with Gasteiger partial charge in [0, 0.05) is 39.3 Å². The van der Waals surface area contributed by atoms with Crippen molar-refractivity contribution in [1.82, 2.24) is 16.0 Å². The van der Waals surface area contributed by atoms with Crippen molar-refractivity contribution < 1.29 is 21.7 Å². The predicted molar refractivity (Wildman–Crippen MR) is 81.8 cm³/mol. The van der Waals surface area contributed by atoms with E-state index in [0.29, 0.717) is 19.6 Å². The fourth-order valence-corrected chi connectivity index (χ4v) is 0.681. The van der Waals surface area contributed by atoms with Crippen molar-refractivity contribution in [3.8, 4) is 0 Å². The van der Waals surface area contributed by atoms with E-state index in [-0.39, 0.29) is 21.7 Å². The van der Waals surface area contributed by atoms with Gasteiger partial charge in [-0.25, -0.2) is 0 Å². The molecule has 0 saturated heterocycles. The molecule has 0 rings (SSSR count). The van der Waals surface area contributed by atoms with Crippen LogP contribution in [0.3, 0.4) is 0 Å². The van der Waals surface area contributed by atoms with Gasteiger partial charge in [0.25, 0.3) is 0 Å². The second-order valence-electron chi connectivity index (χ2n) is 3.12. The molecule has 1 radical (unpaired) electrons. The zero-order valence-corrected chi connectivity index (χ0v) is 13.8. The van der Waals surface area contributed by atoms with Gasteiger partial charge < -0.3 is 53.9 Å². The molecule has 7 heteroatoms. The van der Waals surface area contributed by atoms with Crippen molar-refractivity contribution in [2.24, 2.45) is 17.2 Å². The number of nitrogens with one attached hydrogen (secondary N) is 3. The van der Waals surface area contributed by atoms with Crippen molar-refractivity contribution in [1.29, 1.82) is 0 Å². The fraction of sp³-hybridized carbons (Fsp3) is 0.750. The summed E-state index contributed by atoms with van der Waals surface area (Å²) < 4.78 is 0. The molecular weight excluding hydrogens is 276 g/mol. The molecule has 115 valence electrons. The van der Waals surface area contributed by atoms with E-state index in [1.807, 2.05) is 0 Å². The maximum atomic E-state index is 5.12. The quantitative estimate of drug-likeness (QED) is 0.169. The Balaban J connectivity index is -0.0000000865. The number of hydrogen-bond acceptors (Lipinski definition) is 6. The summed E-state index contributed by atoms with van der Waals surface area (Å²) in [5.41, 5.74) is 15.4. The SMILES string of the molecule is [CH2-]CNCCN.[CH2-]CNCCN.[CH2-]CNCCN.[Ti+3]. The first kappa shape index (κ1) is 27.8. The molecule has 0 amide bonds. The van der Waals surface area contributed by atoms with Gasteiger partial charge in [0.1, 0.15) is 0 Å². The van der Waals surface area contributed by atoms with Crippen molar-refractivity contribution >= 4 is 0 Å². The Labute approximate surface area is 134 Å². The third-order valence-electron chi connectivity index (χ3n) is 1.49. The molecule has 0 atom stereocenters. The minimum Gasteiger partial charge on any atom is -0.345 e. The molecule has 0 fully saturated rings.